The largest absolute Gasteiger partial charge is 0.298 e. The maximum absolute atomic E-state index is 11.0. The highest BCUT2D eigenvalue weighted by molar-refractivity contribution is 8.13. The average Bonchev–Trinajstić information content (AvgIpc) is 2.77. The molecule has 2 aromatic rings. The maximum Gasteiger partial charge on any atom is 0.298 e. The Morgan fingerprint density at radius 2 is 1.89 bits per heavy atom. The Balaban J connectivity index is 2.03. The van der Waals surface area contributed by atoms with Crippen molar-refractivity contribution in [3.8, 4) is 0 Å². The van der Waals surface area contributed by atoms with E-state index in [2.05, 4.69) is 15.2 Å². The SMILES string of the molecule is Cc1ccc(CCc2nc(S(=O)(=O)Cl)n[nH]2)cc1. The Labute approximate surface area is 110 Å². The van der Waals surface area contributed by atoms with Crippen molar-refractivity contribution < 1.29 is 8.42 Å². The summed E-state index contributed by atoms with van der Waals surface area (Å²) in [7, 11) is 1.28. The van der Waals surface area contributed by atoms with Gasteiger partial charge in [0.25, 0.3) is 14.2 Å². The van der Waals surface area contributed by atoms with E-state index >= 15 is 0 Å². The van der Waals surface area contributed by atoms with Crippen molar-refractivity contribution in [1.82, 2.24) is 15.2 Å². The minimum atomic E-state index is -3.85. The number of hydrogen-bond acceptors (Lipinski definition) is 4. The van der Waals surface area contributed by atoms with Crippen LogP contribution in [0.25, 0.3) is 0 Å². The van der Waals surface area contributed by atoms with Crippen LogP contribution in [0.15, 0.2) is 29.4 Å². The van der Waals surface area contributed by atoms with Gasteiger partial charge < -0.3 is 0 Å². The van der Waals surface area contributed by atoms with E-state index in [-0.39, 0.29) is 5.16 Å². The minimum absolute atomic E-state index is 0.372. The van der Waals surface area contributed by atoms with Crippen LogP contribution in [-0.2, 0) is 21.9 Å². The van der Waals surface area contributed by atoms with Crippen molar-refractivity contribution in [2.45, 2.75) is 24.9 Å². The first kappa shape index (κ1) is 13.0. The van der Waals surface area contributed by atoms with Crippen LogP contribution >= 0.6 is 10.7 Å². The number of nitrogens with zero attached hydrogens (tertiary/aromatic N) is 2. The zero-order valence-corrected chi connectivity index (χ0v) is 11.3. The van der Waals surface area contributed by atoms with Crippen molar-refractivity contribution in [2.24, 2.45) is 0 Å². The molecular weight excluding hydrogens is 274 g/mol. The highest BCUT2D eigenvalue weighted by Crippen LogP contribution is 2.10. The van der Waals surface area contributed by atoms with Gasteiger partial charge in [0, 0.05) is 17.1 Å². The highest BCUT2D eigenvalue weighted by atomic mass is 35.7. The number of hydrogen-bond donors (Lipinski definition) is 1. The van der Waals surface area contributed by atoms with Crippen LogP contribution in [0.4, 0.5) is 0 Å². The van der Waals surface area contributed by atoms with E-state index < -0.39 is 9.05 Å². The maximum atomic E-state index is 11.0. The van der Waals surface area contributed by atoms with Gasteiger partial charge in [-0.25, -0.2) is 13.4 Å². The van der Waals surface area contributed by atoms with E-state index in [1.807, 2.05) is 31.2 Å². The quantitative estimate of drug-likeness (QED) is 0.870. The monoisotopic (exact) mass is 285 g/mol. The molecule has 0 bridgehead atoms. The molecule has 0 unspecified atom stereocenters. The molecule has 0 aliphatic carbocycles. The van der Waals surface area contributed by atoms with Gasteiger partial charge >= 0.3 is 0 Å². The smallest absolute Gasteiger partial charge is 0.262 e. The molecule has 0 spiro atoms. The number of aromatic amines is 1. The highest BCUT2D eigenvalue weighted by Gasteiger charge is 2.16. The lowest BCUT2D eigenvalue weighted by atomic mass is 10.1. The van der Waals surface area contributed by atoms with Crippen molar-refractivity contribution in [3.05, 3.63) is 41.2 Å². The van der Waals surface area contributed by atoms with E-state index in [0.717, 1.165) is 12.0 Å². The molecule has 0 amide bonds. The first-order chi connectivity index (χ1) is 8.45. The molecule has 0 atom stereocenters. The summed E-state index contributed by atoms with van der Waals surface area (Å²) in [4.78, 5) is 3.83. The third-order valence-electron chi connectivity index (χ3n) is 2.50. The van der Waals surface area contributed by atoms with Crippen LogP contribution in [0.3, 0.4) is 0 Å². The van der Waals surface area contributed by atoms with Crippen molar-refractivity contribution in [2.75, 3.05) is 0 Å². The van der Waals surface area contributed by atoms with Gasteiger partial charge in [-0.15, -0.1) is 5.10 Å². The molecular formula is C11H12ClN3O2S. The summed E-state index contributed by atoms with van der Waals surface area (Å²) in [6.07, 6.45) is 1.35. The molecule has 5 nitrogen and oxygen atoms in total. The second-order valence-corrected chi connectivity index (χ2v) is 6.45. The van der Waals surface area contributed by atoms with E-state index in [9.17, 15) is 8.42 Å². The fourth-order valence-corrected chi connectivity index (χ4v) is 2.10. The minimum Gasteiger partial charge on any atom is -0.262 e. The summed E-state index contributed by atoms with van der Waals surface area (Å²) >= 11 is 0. The van der Waals surface area contributed by atoms with Crippen LogP contribution < -0.4 is 0 Å². The van der Waals surface area contributed by atoms with E-state index in [4.69, 9.17) is 10.7 Å². The van der Waals surface area contributed by atoms with Crippen molar-refractivity contribution >= 4 is 19.7 Å². The number of halogens is 1. The van der Waals surface area contributed by atoms with E-state index in [1.54, 1.807) is 0 Å². The van der Waals surface area contributed by atoms with Crippen LogP contribution in [0, 0.1) is 6.92 Å². The lowest BCUT2D eigenvalue weighted by Crippen LogP contribution is -1.95. The molecule has 1 N–H and O–H groups in total. The van der Waals surface area contributed by atoms with Gasteiger partial charge in [-0.05, 0) is 18.9 Å². The Morgan fingerprint density at radius 1 is 1.22 bits per heavy atom. The third kappa shape index (κ3) is 3.30. The Morgan fingerprint density at radius 3 is 2.44 bits per heavy atom. The number of benzene rings is 1. The molecule has 18 heavy (non-hydrogen) atoms. The van der Waals surface area contributed by atoms with Gasteiger partial charge in [0.2, 0.25) is 0 Å². The van der Waals surface area contributed by atoms with Crippen LogP contribution in [0.1, 0.15) is 17.0 Å². The van der Waals surface area contributed by atoms with Crippen LogP contribution in [-0.4, -0.2) is 23.6 Å². The number of aryl methyl sites for hydroxylation is 3. The molecule has 0 saturated heterocycles. The Hall–Kier alpha value is -1.40. The Kier molecular flexibility index (Phi) is 3.68. The summed E-state index contributed by atoms with van der Waals surface area (Å²) < 4.78 is 22.0. The number of aromatic nitrogens is 3. The van der Waals surface area contributed by atoms with Gasteiger partial charge in [0.1, 0.15) is 5.82 Å². The zero-order valence-electron chi connectivity index (χ0n) is 9.72. The zero-order chi connectivity index (χ0) is 13.2. The number of nitrogens with one attached hydrogen (secondary N) is 1. The molecule has 96 valence electrons. The summed E-state index contributed by atoms with van der Waals surface area (Å²) in [6.45, 7) is 2.03. The van der Waals surface area contributed by atoms with Gasteiger partial charge in [-0.2, -0.15) is 0 Å². The summed E-state index contributed by atoms with van der Waals surface area (Å²) in [6, 6.07) is 8.13. The lowest BCUT2D eigenvalue weighted by molar-refractivity contribution is 0.601. The molecule has 0 aliphatic rings. The standard InChI is InChI=1S/C11H12ClN3O2S/c1-8-2-4-9(5-3-8)6-7-10-13-11(15-14-10)18(12,16)17/h2-5H,6-7H2,1H3,(H,13,14,15). The van der Waals surface area contributed by atoms with Crippen LogP contribution in [0.5, 0.6) is 0 Å². The topological polar surface area (TPSA) is 75.7 Å². The predicted molar refractivity (Wildman–Crippen MR) is 68.0 cm³/mol. The molecule has 0 aliphatic heterocycles. The predicted octanol–water partition coefficient (Wildman–Crippen LogP) is 1.83. The Bertz CT molecular complexity index is 635. The van der Waals surface area contributed by atoms with Gasteiger partial charge in [-0.3, -0.25) is 5.10 Å². The fourth-order valence-electron chi connectivity index (χ4n) is 1.52. The van der Waals surface area contributed by atoms with Gasteiger partial charge in [0.05, 0.1) is 0 Å². The third-order valence-corrected chi connectivity index (χ3v) is 3.53. The average molecular weight is 286 g/mol. The molecule has 1 heterocycles. The summed E-state index contributed by atoms with van der Waals surface area (Å²) in [5.41, 5.74) is 2.36. The van der Waals surface area contributed by atoms with Gasteiger partial charge in [-0.1, -0.05) is 29.8 Å². The molecule has 2 rings (SSSR count). The second-order valence-electron chi connectivity index (χ2n) is 3.99. The first-order valence-electron chi connectivity index (χ1n) is 5.36. The van der Waals surface area contributed by atoms with E-state index in [0.29, 0.717) is 12.2 Å². The van der Waals surface area contributed by atoms with Crippen LogP contribution in [0.2, 0.25) is 0 Å². The molecule has 0 radical (unpaired) electrons. The molecule has 1 aromatic carbocycles. The molecule has 0 fully saturated rings. The van der Waals surface area contributed by atoms with Crippen molar-refractivity contribution in [1.29, 1.82) is 0 Å². The summed E-state index contributed by atoms with van der Waals surface area (Å²) in [5, 5.41) is 5.75. The van der Waals surface area contributed by atoms with Gasteiger partial charge in [0.15, 0.2) is 0 Å². The fraction of sp³-hybridized carbons (Fsp3) is 0.273. The second kappa shape index (κ2) is 5.07. The lowest BCUT2D eigenvalue weighted by Gasteiger charge is -1.99. The summed E-state index contributed by atoms with van der Waals surface area (Å²) in [5.74, 6) is 0.509. The van der Waals surface area contributed by atoms with E-state index in [1.165, 1.54) is 5.56 Å². The first-order valence-corrected chi connectivity index (χ1v) is 7.67. The number of H-pyrrole nitrogens is 1. The number of rotatable bonds is 4. The molecule has 7 heteroatoms. The molecule has 0 saturated carbocycles. The van der Waals surface area contributed by atoms with Crippen molar-refractivity contribution in [3.63, 3.8) is 0 Å². The molecule has 1 aromatic heterocycles. The normalized spacial score (nSPS) is 11.7.